The molecule has 3 heteroatoms. The summed E-state index contributed by atoms with van der Waals surface area (Å²) in [5.41, 5.74) is 3.61. The molecule has 1 aromatic carbocycles. The molecule has 2 aliphatic heterocycles. The lowest BCUT2D eigenvalue weighted by Gasteiger charge is -2.47. The molecule has 0 spiro atoms. The van der Waals surface area contributed by atoms with E-state index < -0.39 is 0 Å². The first-order valence-corrected chi connectivity index (χ1v) is 8.86. The van der Waals surface area contributed by atoms with Gasteiger partial charge in [-0.25, -0.2) is 0 Å². The van der Waals surface area contributed by atoms with Crippen LogP contribution in [0.3, 0.4) is 0 Å². The highest BCUT2D eigenvalue weighted by Crippen LogP contribution is 2.33. The molecule has 2 saturated heterocycles. The third-order valence-electron chi connectivity index (χ3n) is 6.07. The Hall–Kier alpha value is -1.35. The third kappa shape index (κ3) is 2.45. The fourth-order valence-electron chi connectivity index (χ4n) is 4.83. The predicted molar refractivity (Wildman–Crippen MR) is 88.1 cm³/mol. The minimum absolute atomic E-state index is 0.159. The topological polar surface area (TPSA) is 32.3 Å². The fourth-order valence-corrected chi connectivity index (χ4v) is 4.83. The van der Waals surface area contributed by atoms with E-state index in [1.54, 1.807) is 0 Å². The zero-order valence-electron chi connectivity index (χ0n) is 13.5. The van der Waals surface area contributed by atoms with Gasteiger partial charge in [-0.15, -0.1) is 0 Å². The Labute approximate surface area is 133 Å². The Morgan fingerprint density at radius 2 is 1.91 bits per heavy atom. The molecule has 0 radical (unpaired) electrons. The van der Waals surface area contributed by atoms with Crippen molar-refractivity contribution < 1.29 is 4.79 Å². The lowest BCUT2D eigenvalue weighted by atomic mass is 9.82. The number of benzene rings is 1. The van der Waals surface area contributed by atoms with Gasteiger partial charge in [0, 0.05) is 23.7 Å². The molecule has 4 rings (SSSR count). The van der Waals surface area contributed by atoms with Crippen molar-refractivity contribution >= 4 is 5.91 Å². The monoisotopic (exact) mass is 298 g/mol. The second-order valence-corrected chi connectivity index (χ2v) is 7.34. The van der Waals surface area contributed by atoms with Gasteiger partial charge in [0.2, 0.25) is 0 Å². The molecule has 0 saturated carbocycles. The number of fused-ring (bicyclic) bond motifs is 3. The average molecular weight is 298 g/mol. The summed E-state index contributed by atoms with van der Waals surface area (Å²) in [5, 5.41) is 3.35. The molecule has 1 aromatic rings. The van der Waals surface area contributed by atoms with Gasteiger partial charge in [-0.2, -0.15) is 0 Å². The average Bonchev–Trinajstić information content (AvgIpc) is 2.96. The van der Waals surface area contributed by atoms with Crippen molar-refractivity contribution in [2.24, 2.45) is 0 Å². The minimum Gasteiger partial charge on any atom is -0.349 e. The number of carbonyl (C=O) groups is 1. The number of hydrogen-bond acceptors (Lipinski definition) is 2. The number of aryl methyl sites for hydroxylation is 1. The first kappa shape index (κ1) is 14.3. The minimum atomic E-state index is 0.159. The standard InChI is InChI=1S/C19H26N2O/c1-21-15-7-4-8-16(21)12-14(11-15)20-19(22)18-10-3-6-13-5-2-9-17(13)18/h3,6,10,14-16H,2,4-5,7-9,11-12H2,1H3,(H,20,22)/t14-,15+,16-. The number of nitrogens with zero attached hydrogens (tertiary/aromatic N) is 1. The first-order valence-electron chi connectivity index (χ1n) is 8.86. The maximum Gasteiger partial charge on any atom is 0.251 e. The number of piperidine rings is 2. The van der Waals surface area contributed by atoms with E-state index in [9.17, 15) is 4.79 Å². The zero-order chi connectivity index (χ0) is 15.1. The molecule has 3 atom stereocenters. The summed E-state index contributed by atoms with van der Waals surface area (Å²) in [6.07, 6.45) is 9.57. The van der Waals surface area contributed by atoms with Crippen molar-refractivity contribution in [2.45, 2.75) is 69.5 Å². The molecule has 3 nitrogen and oxygen atoms in total. The van der Waals surface area contributed by atoms with Crippen LogP contribution >= 0.6 is 0 Å². The summed E-state index contributed by atoms with van der Waals surface area (Å²) in [4.78, 5) is 15.3. The Morgan fingerprint density at radius 3 is 2.68 bits per heavy atom. The fraction of sp³-hybridized carbons (Fsp3) is 0.632. The van der Waals surface area contributed by atoms with Crippen LogP contribution in [0.2, 0.25) is 0 Å². The molecule has 0 unspecified atom stereocenters. The molecule has 2 fully saturated rings. The van der Waals surface area contributed by atoms with Gasteiger partial charge in [0.1, 0.15) is 0 Å². The highest BCUT2D eigenvalue weighted by Gasteiger charge is 2.36. The van der Waals surface area contributed by atoms with Crippen LogP contribution < -0.4 is 5.32 Å². The highest BCUT2D eigenvalue weighted by molar-refractivity contribution is 5.96. The van der Waals surface area contributed by atoms with Gasteiger partial charge in [0.25, 0.3) is 5.91 Å². The number of nitrogens with one attached hydrogen (secondary N) is 1. The van der Waals surface area contributed by atoms with Crippen LogP contribution in [-0.4, -0.2) is 36.0 Å². The van der Waals surface area contributed by atoms with Crippen LogP contribution in [0.15, 0.2) is 18.2 Å². The predicted octanol–water partition coefficient (Wildman–Crippen LogP) is 2.92. The summed E-state index contributed by atoms with van der Waals surface area (Å²) < 4.78 is 0. The number of hydrogen-bond donors (Lipinski definition) is 1. The van der Waals surface area contributed by atoms with Crippen molar-refractivity contribution in [3.63, 3.8) is 0 Å². The van der Waals surface area contributed by atoms with E-state index in [1.165, 1.54) is 36.8 Å². The first-order chi connectivity index (χ1) is 10.7. The van der Waals surface area contributed by atoms with Crippen LogP contribution in [0.4, 0.5) is 0 Å². The van der Waals surface area contributed by atoms with Crippen LogP contribution in [0, 0.1) is 0 Å². The normalized spacial score (nSPS) is 30.9. The van der Waals surface area contributed by atoms with E-state index in [1.807, 2.05) is 12.1 Å². The molecule has 118 valence electrons. The van der Waals surface area contributed by atoms with Gasteiger partial charge in [0.15, 0.2) is 0 Å². The van der Waals surface area contributed by atoms with Gasteiger partial charge in [-0.05, 0) is 69.2 Å². The molecule has 1 aliphatic carbocycles. The van der Waals surface area contributed by atoms with Crippen molar-refractivity contribution in [3.8, 4) is 0 Å². The largest absolute Gasteiger partial charge is 0.349 e. The lowest BCUT2D eigenvalue weighted by Crippen LogP contribution is -2.55. The maximum absolute atomic E-state index is 12.7. The van der Waals surface area contributed by atoms with E-state index in [-0.39, 0.29) is 5.91 Å². The van der Waals surface area contributed by atoms with Crippen molar-refractivity contribution in [3.05, 3.63) is 34.9 Å². The van der Waals surface area contributed by atoms with E-state index >= 15 is 0 Å². The van der Waals surface area contributed by atoms with Crippen LogP contribution in [0.1, 0.15) is 60.0 Å². The molecule has 0 aromatic heterocycles. The van der Waals surface area contributed by atoms with Gasteiger partial charge >= 0.3 is 0 Å². The Kier molecular flexibility index (Phi) is 3.69. The zero-order valence-corrected chi connectivity index (χ0v) is 13.5. The quantitative estimate of drug-likeness (QED) is 0.910. The molecule has 2 heterocycles. The van der Waals surface area contributed by atoms with Crippen molar-refractivity contribution in [1.29, 1.82) is 0 Å². The second-order valence-electron chi connectivity index (χ2n) is 7.34. The lowest BCUT2D eigenvalue weighted by molar-refractivity contribution is 0.0463. The molecular formula is C19H26N2O. The van der Waals surface area contributed by atoms with E-state index in [0.29, 0.717) is 18.1 Å². The number of rotatable bonds is 2. The van der Waals surface area contributed by atoms with Crippen LogP contribution in [0.5, 0.6) is 0 Å². The number of carbonyl (C=O) groups excluding carboxylic acids is 1. The molecule has 3 aliphatic rings. The molecular weight excluding hydrogens is 272 g/mol. The van der Waals surface area contributed by atoms with Gasteiger partial charge in [-0.3, -0.25) is 4.79 Å². The van der Waals surface area contributed by atoms with Gasteiger partial charge < -0.3 is 10.2 Å². The third-order valence-corrected chi connectivity index (χ3v) is 6.07. The number of amides is 1. The summed E-state index contributed by atoms with van der Waals surface area (Å²) in [6, 6.07) is 7.92. The Bertz CT molecular complexity index is 569. The highest BCUT2D eigenvalue weighted by atomic mass is 16.1. The van der Waals surface area contributed by atoms with Crippen LogP contribution in [-0.2, 0) is 12.8 Å². The van der Waals surface area contributed by atoms with E-state index in [4.69, 9.17) is 0 Å². The summed E-state index contributed by atoms with van der Waals surface area (Å²) in [6.45, 7) is 0. The summed E-state index contributed by atoms with van der Waals surface area (Å²) in [7, 11) is 2.26. The van der Waals surface area contributed by atoms with E-state index in [0.717, 1.165) is 31.2 Å². The maximum atomic E-state index is 12.7. The molecule has 2 bridgehead atoms. The van der Waals surface area contributed by atoms with E-state index in [2.05, 4.69) is 23.3 Å². The van der Waals surface area contributed by atoms with Crippen molar-refractivity contribution in [1.82, 2.24) is 10.2 Å². The SMILES string of the molecule is CN1[C@@H]2CCC[C@H]1C[C@@H](NC(=O)c1cccc3c1CCC3)C2. The molecule has 1 N–H and O–H groups in total. The Balaban J connectivity index is 1.48. The smallest absolute Gasteiger partial charge is 0.251 e. The Morgan fingerprint density at radius 1 is 1.14 bits per heavy atom. The van der Waals surface area contributed by atoms with Crippen molar-refractivity contribution in [2.75, 3.05) is 7.05 Å². The summed E-state index contributed by atoms with van der Waals surface area (Å²) >= 11 is 0. The molecule has 1 amide bonds. The van der Waals surface area contributed by atoms with Crippen LogP contribution in [0.25, 0.3) is 0 Å². The second kappa shape index (κ2) is 5.69. The molecule has 22 heavy (non-hydrogen) atoms. The van der Waals surface area contributed by atoms with Gasteiger partial charge in [0.05, 0.1) is 0 Å². The van der Waals surface area contributed by atoms with Gasteiger partial charge in [-0.1, -0.05) is 18.6 Å². The summed E-state index contributed by atoms with van der Waals surface area (Å²) in [5.74, 6) is 0.159.